The number of piperidine rings is 1. The molecule has 1 fully saturated rings. The smallest absolute Gasteiger partial charge is 0.225 e. The van der Waals surface area contributed by atoms with E-state index in [0.717, 1.165) is 37.1 Å². The lowest BCUT2D eigenvalue weighted by Gasteiger charge is -2.33. The Labute approximate surface area is 140 Å². The Morgan fingerprint density at radius 1 is 1.29 bits per heavy atom. The molecular formula is C17H21FN4O2. The second kappa shape index (κ2) is 6.59. The first-order valence-electron chi connectivity index (χ1n) is 7.95. The maximum absolute atomic E-state index is 13.9. The molecule has 1 saturated heterocycles. The predicted octanol–water partition coefficient (Wildman–Crippen LogP) is 2.08. The topological polar surface area (TPSA) is 58.6 Å². The molecule has 0 unspecified atom stereocenters. The van der Waals surface area contributed by atoms with E-state index in [0.29, 0.717) is 5.52 Å². The van der Waals surface area contributed by atoms with Crippen LogP contribution in [0.1, 0.15) is 12.8 Å². The van der Waals surface area contributed by atoms with Gasteiger partial charge in [0, 0.05) is 44.6 Å². The number of aromatic nitrogens is 2. The molecule has 1 aromatic heterocycles. The number of fused-ring (bicyclic) bond motifs is 1. The average Bonchev–Trinajstić information content (AvgIpc) is 2.60. The van der Waals surface area contributed by atoms with Crippen molar-refractivity contribution in [3.05, 3.63) is 24.3 Å². The molecule has 6 nitrogen and oxygen atoms in total. The summed E-state index contributed by atoms with van der Waals surface area (Å²) in [4.78, 5) is 24.4. The third-order valence-electron chi connectivity index (χ3n) is 4.47. The highest BCUT2D eigenvalue weighted by atomic mass is 19.1. The van der Waals surface area contributed by atoms with Crippen LogP contribution in [-0.4, -0.2) is 55.1 Å². The summed E-state index contributed by atoms with van der Waals surface area (Å²) >= 11 is 0. The number of amides is 1. The fourth-order valence-electron chi connectivity index (χ4n) is 3.16. The normalized spacial score (nSPS) is 15.6. The molecule has 0 atom stereocenters. The molecule has 0 bridgehead atoms. The molecule has 24 heavy (non-hydrogen) atoms. The van der Waals surface area contributed by atoms with Crippen LogP contribution in [0.3, 0.4) is 0 Å². The van der Waals surface area contributed by atoms with E-state index in [-0.39, 0.29) is 17.6 Å². The number of hydrogen-bond donors (Lipinski definition) is 0. The van der Waals surface area contributed by atoms with Crippen molar-refractivity contribution in [3.8, 4) is 5.75 Å². The Balaban J connectivity index is 1.87. The number of rotatable bonds is 3. The first-order valence-corrected chi connectivity index (χ1v) is 7.95. The van der Waals surface area contributed by atoms with Crippen molar-refractivity contribution >= 4 is 22.6 Å². The van der Waals surface area contributed by atoms with Crippen LogP contribution in [-0.2, 0) is 4.79 Å². The molecule has 7 heteroatoms. The number of benzene rings is 1. The van der Waals surface area contributed by atoms with Crippen LogP contribution in [0.4, 0.5) is 10.2 Å². The summed E-state index contributed by atoms with van der Waals surface area (Å²) in [6, 6.07) is 3.00. The average molecular weight is 332 g/mol. The fourth-order valence-corrected chi connectivity index (χ4v) is 3.16. The third kappa shape index (κ3) is 2.98. The van der Waals surface area contributed by atoms with Gasteiger partial charge in [0.1, 0.15) is 12.1 Å². The van der Waals surface area contributed by atoms with Crippen LogP contribution in [0.15, 0.2) is 18.5 Å². The van der Waals surface area contributed by atoms with E-state index >= 15 is 0 Å². The highest BCUT2D eigenvalue weighted by molar-refractivity contribution is 5.90. The molecule has 1 amide bonds. The largest absolute Gasteiger partial charge is 0.494 e. The van der Waals surface area contributed by atoms with Crippen LogP contribution in [0.5, 0.6) is 5.75 Å². The van der Waals surface area contributed by atoms with Gasteiger partial charge < -0.3 is 14.5 Å². The highest BCUT2D eigenvalue weighted by Gasteiger charge is 2.27. The first kappa shape index (κ1) is 16.4. The molecule has 1 aromatic carbocycles. The van der Waals surface area contributed by atoms with Gasteiger partial charge in [-0.2, -0.15) is 0 Å². The standard InChI is InChI=1S/C17H21FN4O2/c1-21(2)17(23)11-4-6-22(7-5-11)16-12-8-15(24-3)13(18)9-14(12)19-10-20-16/h8-11H,4-7H2,1-3H3. The molecular weight excluding hydrogens is 311 g/mol. The summed E-state index contributed by atoms with van der Waals surface area (Å²) in [5.74, 6) is 0.720. The van der Waals surface area contributed by atoms with Crippen LogP contribution in [0.2, 0.25) is 0 Å². The van der Waals surface area contributed by atoms with E-state index in [1.54, 1.807) is 25.1 Å². The Bertz CT molecular complexity index is 758. The number of carbonyl (C=O) groups is 1. The zero-order chi connectivity index (χ0) is 17.3. The first-order chi connectivity index (χ1) is 11.5. The van der Waals surface area contributed by atoms with Gasteiger partial charge in [0.2, 0.25) is 5.91 Å². The quantitative estimate of drug-likeness (QED) is 0.861. The van der Waals surface area contributed by atoms with Crippen LogP contribution in [0.25, 0.3) is 10.9 Å². The highest BCUT2D eigenvalue weighted by Crippen LogP contribution is 2.31. The van der Waals surface area contributed by atoms with Gasteiger partial charge in [-0.05, 0) is 18.9 Å². The molecule has 0 spiro atoms. The minimum absolute atomic E-state index is 0.0522. The molecule has 3 rings (SSSR count). The van der Waals surface area contributed by atoms with Crippen LogP contribution < -0.4 is 9.64 Å². The van der Waals surface area contributed by atoms with Crippen molar-refractivity contribution in [3.63, 3.8) is 0 Å². The zero-order valence-corrected chi connectivity index (χ0v) is 14.1. The third-order valence-corrected chi connectivity index (χ3v) is 4.47. The molecule has 128 valence electrons. The SMILES string of the molecule is COc1cc2c(N3CCC(C(=O)N(C)C)CC3)ncnc2cc1F. The van der Waals surface area contributed by atoms with Crippen molar-refractivity contribution in [2.45, 2.75) is 12.8 Å². The Kier molecular flexibility index (Phi) is 4.51. The number of methoxy groups -OCH3 is 1. The summed E-state index contributed by atoms with van der Waals surface area (Å²) in [6.45, 7) is 1.46. The lowest BCUT2D eigenvalue weighted by Crippen LogP contribution is -2.40. The summed E-state index contributed by atoms with van der Waals surface area (Å²) in [5, 5.41) is 0.758. The summed E-state index contributed by atoms with van der Waals surface area (Å²) < 4.78 is 18.9. The Morgan fingerprint density at radius 2 is 2.00 bits per heavy atom. The summed E-state index contributed by atoms with van der Waals surface area (Å²) in [6.07, 6.45) is 3.00. The summed E-state index contributed by atoms with van der Waals surface area (Å²) in [7, 11) is 5.01. The van der Waals surface area contributed by atoms with Crippen LogP contribution >= 0.6 is 0 Å². The van der Waals surface area contributed by atoms with Crippen molar-refractivity contribution in [1.29, 1.82) is 0 Å². The minimum atomic E-state index is -0.440. The molecule has 0 N–H and O–H groups in total. The number of ether oxygens (including phenoxy) is 1. The van der Waals surface area contributed by atoms with Crippen LogP contribution in [0, 0.1) is 11.7 Å². The van der Waals surface area contributed by atoms with E-state index in [1.165, 1.54) is 19.5 Å². The van der Waals surface area contributed by atoms with Crippen molar-refractivity contribution < 1.29 is 13.9 Å². The maximum Gasteiger partial charge on any atom is 0.225 e. The minimum Gasteiger partial charge on any atom is -0.494 e. The number of anilines is 1. The number of nitrogens with zero attached hydrogens (tertiary/aromatic N) is 4. The van der Waals surface area contributed by atoms with E-state index in [1.807, 2.05) is 0 Å². The van der Waals surface area contributed by atoms with Gasteiger partial charge in [-0.3, -0.25) is 4.79 Å². The number of carbonyl (C=O) groups excluding carboxylic acids is 1. The van der Waals surface area contributed by atoms with Gasteiger partial charge in [-0.15, -0.1) is 0 Å². The lowest BCUT2D eigenvalue weighted by atomic mass is 9.95. The van der Waals surface area contributed by atoms with E-state index in [9.17, 15) is 9.18 Å². The Morgan fingerprint density at radius 3 is 2.62 bits per heavy atom. The second-order valence-corrected chi connectivity index (χ2v) is 6.20. The molecule has 0 aliphatic carbocycles. The van der Waals surface area contributed by atoms with Gasteiger partial charge in [-0.25, -0.2) is 14.4 Å². The van der Waals surface area contributed by atoms with E-state index in [4.69, 9.17) is 4.74 Å². The van der Waals surface area contributed by atoms with E-state index < -0.39 is 5.82 Å². The van der Waals surface area contributed by atoms with E-state index in [2.05, 4.69) is 14.9 Å². The molecule has 1 aliphatic heterocycles. The van der Waals surface area contributed by atoms with Gasteiger partial charge >= 0.3 is 0 Å². The second-order valence-electron chi connectivity index (χ2n) is 6.20. The maximum atomic E-state index is 13.9. The van der Waals surface area contributed by atoms with Gasteiger partial charge in [0.15, 0.2) is 11.6 Å². The number of halogens is 1. The lowest BCUT2D eigenvalue weighted by molar-refractivity contribution is -0.133. The van der Waals surface area contributed by atoms with Gasteiger partial charge in [-0.1, -0.05) is 0 Å². The summed E-state index contributed by atoms with van der Waals surface area (Å²) in [5.41, 5.74) is 0.546. The monoisotopic (exact) mass is 332 g/mol. The van der Waals surface area contributed by atoms with Crippen molar-refractivity contribution in [1.82, 2.24) is 14.9 Å². The molecule has 0 saturated carbocycles. The fraction of sp³-hybridized carbons (Fsp3) is 0.471. The zero-order valence-electron chi connectivity index (χ0n) is 14.1. The van der Waals surface area contributed by atoms with Gasteiger partial charge in [0.25, 0.3) is 0 Å². The molecule has 0 radical (unpaired) electrons. The number of hydrogen-bond acceptors (Lipinski definition) is 5. The molecule has 2 aromatic rings. The Hall–Kier alpha value is -2.44. The molecule has 2 heterocycles. The molecule has 1 aliphatic rings. The predicted molar refractivity (Wildman–Crippen MR) is 89.7 cm³/mol. The van der Waals surface area contributed by atoms with Crippen molar-refractivity contribution in [2.75, 3.05) is 39.2 Å². The van der Waals surface area contributed by atoms with Gasteiger partial charge in [0.05, 0.1) is 12.6 Å². The van der Waals surface area contributed by atoms with Crippen molar-refractivity contribution in [2.24, 2.45) is 5.92 Å².